The van der Waals surface area contributed by atoms with Crippen molar-refractivity contribution in [2.24, 2.45) is 11.8 Å². The third-order valence-corrected chi connectivity index (χ3v) is 4.65. The van der Waals surface area contributed by atoms with Gasteiger partial charge in [0.15, 0.2) is 0 Å². The van der Waals surface area contributed by atoms with Gasteiger partial charge in [0.25, 0.3) is 0 Å². The zero-order chi connectivity index (χ0) is 15.4. The Morgan fingerprint density at radius 2 is 1.45 bits per heavy atom. The average Bonchev–Trinajstić information content (AvgIpc) is 2.57. The fourth-order valence-corrected chi connectivity index (χ4v) is 3.14. The van der Waals surface area contributed by atoms with Gasteiger partial charge in [0.1, 0.15) is 0 Å². The van der Waals surface area contributed by atoms with E-state index in [1.165, 1.54) is 24.0 Å². The summed E-state index contributed by atoms with van der Waals surface area (Å²) < 4.78 is 0. The minimum Gasteiger partial charge on any atom is -0.326 e. The molecule has 1 fully saturated rings. The molecule has 0 saturated heterocycles. The third-order valence-electron chi connectivity index (χ3n) is 4.65. The highest BCUT2D eigenvalue weighted by Gasteiger charge is 2.24. The van der Waals surface area contributed by atoms with Crippen LogP contribution in [-0.2, 0) is 4.79 Å². The van der Waals surface area contributed by atoms with E-state index in [-0.39, 0.29) is 11.8 Å². The van der Waals surface area contributed by atoms with E-state index >= 15 is 0 Å². The number of carbonyl (C=O) groups excluding carboxylic acids is 1. The highest BCUT2D eigenvalue weighted by molar-refractivity contribution is 5.92. The van der Waals surface area contributed by atoms with Crippen LogP contribution in [0.4, 0.5) is 5.69 Å². The van der Waals surface area contributed by atoms with Crippen LogP contribution in [0.5, 0.6) is 0 Å². The molecule has 3 rings (SSSR count). The zero-order valence-electron chi connectivity index (χ0n) is 13.1. The molecule has 2 aromatic carbocycles. The quantitative estimate of drug-likeness (QED) is 0.836. The summed E-state index contributed by atoms with van der Waals surface area (Å²) in [5, 5.41) is 3.07. The monoisotopic (exact) mass is 293 g/mol. The summed E-state index contributed by atoms with van der Waals surface area (Å²) in [6.45, 7) is 2.27. The summed E-state index contributed by atoms with van der Waals surface area (Å²) in [5.41, 5.74) is 3.26. The lowest BCUT2D eigenvalue weighted by Crippen LogP contribution is -2.26. The molecule has 22 heavy (non-hydrogen) atoms. The van der Waals surface area contributed by atoms with E-state index in [1.807, 2.05) is 30.3 Å². The van der Waals surface area contributed by atoms with E-state index in [1.54, 1.807) is 0 Å². The number of hydrogen-bond donors (Lipinski definition) is 1. The Balaban J connectivity index is 1.62. The van der Waals surface area contributed by atoms with Crippen LogP contribution in [0.15, 0.2) is 54.6 Å². The molecule has 0 aromatic heterocycles. The second-order valence-electron chi connectivity index (χ2n) is 6.39. The predicted molar refractivity (Wildman–Crippen MR) is 91.6 cm³/mol. The molecular formula is C20H23NO. The van der Waals surface area contributed by atoms with Crippen molar-refractivity contribution < 1.29 is 4.79 Å². The summed E-state index contributed by atoms with van der Waals surface area (Å²) in [5.74, 6) is 1.14. The first-order valence-corrected chi connectivity index (χ1v) is 8.19. The van der Waals surface area contributed by atoms with E-state index in [0.29, 0.717) is 0 Å². The molecule has 0 aliphatic heterocycles. The van der Waals surface area contributed by atoms with Crippen molar-refractivity contribution >= 4 is 11.6 Å². The van der Waals surface area contributed by atoms with Crippen LogP contribution < -0.4 is 5.32 Å². The zero-order valence-corrected chi connectivity index (χ0v) is 13.1. The van der Waals surface area contributed by atoms with Gasteiger partial charge in [-0.25, -0.2) is 0 Å². The average molecular weight is 293 g/mol. The lowest BCUT2D eigenvalue weighted by molar-refractivity contribution is -0.121. The van der Waals surface area contributed by atoms with Crippen LogP contribution in [0.3, 0.4) is 0 Å². The Labute approximate surface area is 132 Å². The maximum Gasteiger partial charge on any atom is 0.227 e. The molecule has 0 bridgehead atoms. The molecule has 1 aliphatic carbocycles. The van der Waals surface area contributed by atoms with Crippen LogP contribution in [0, 0.1) is 11.8 Å². The maximum absolute atomic E-state index is 12.3. The Morgan fingerprint density at radius 1 is 0.864 bits per heavy atom. The van der Waals surface area contributed by atoms with E-state index < -0.39 is 0 Å². The summed E-state index contributed by atoms with van der Waals surface area (Å²) in [6, 6.07) is 18.4. The Kier molecular flexibility index (Phi) is 4.57. The topological polar surface area (TPSA) is 29.1 Å². The lowest BCUT2D eigenvalue weighted by atomic mass is 9.82. The molecule has 2 nitrogen and oxygen atoms in total. The van der Waals surface area contributed by atoms with Crippen molar-refractivity contribution in [1.82, 2.24) is 0 Å². The minimum absolute atomic E-state index is 0.180. The summed E-state index contributed by atoms with van der Waals surface area (Å²) in [6.07, 6.45) is 4.39. The number of amides is 1. The van der Waals surface area contributed by atoms with Gasteiger partial charge in [0.05, 0.1) is 0 Å². The van der Waals surface area contributed by atoms with Gasteiger partial charge in [-0.3, -0.25) is 4.79 Å². The first-order chi connectivity index (χ1) is 10.7. The number of hydrogen-bond acceptors (Lipinski definition) is 1. The maximum atomic E-state index is 12.3. The normalized spacial score (nSPS) is 21.3. The summed E-state index contributed by atoms with van der Waals surface area (Å²) in [7, 11) is 0. The fraction of sp³-hybridized carbons (Fsp3) is 0.350. The molecular weight excluding hydrogens is 270 g/mol. The molecule has 0 radical (unpaired) electrons. The molecule has 0 spiro atoms. The smallest absolute Gasteiger partial charge is 0.227 e. The minimum atomic E-state index is 0.180. The van der Waals surface area contributed by atoms with E-state index in [9.17, 15) is 4.79 Å². The molecule has 2 heteroatoms. The highest BCUT2D eigenvalue weighted by atomic mass is 16.1. The van der Waals surface area contributed by atoms with Crippen molar-refractivity contribution in [2.75, 3.05) is 5.32 Å². The molecule has 2 aromatic rings. The third kappa shape index (κ3) is 3.56. The van der Waals surface area contributed by atoms with Gasteiger partial charge in [-0.1, -0.05) is 49.4 Å². The lowest BCUT2D eigenvalue weighted by Gasteiger charge is -2.25. The Morgan fingerprint density at radius 3 is 2.09 bits per heavy atom. The van der Waals surface area contributed by atoms with Gasteiger partial charge < -0.3 is 5.32 Å². The van der Waals surface area contributed by atoms with Crippen molar-refractivity contribution in [1.29, 1.82) is 0 Å². The number of carbonyl (C=O) groups is 1. The largest absolute Gasteiger partial charge is 0.326 e. The molecule has 1 saturated carbocycles. The number of benzene rings is 2. The van der Waals surface area contributed by atoms with Gasteiger partial charge in [-0.05, 0) is 54.9 Å². The highest BCUT2D eigenvalue weighted by Crippen LogP contribution is 2.29. The second kappa shape index (κ2) is 6.78. The second-order valence-corrected chi connectivity index (χ2v) is 6.39. The van der Waals surface area contributed by atoms with E-state index in [2.05, 4.69) is 36.5 Å². The van der Waals surface area contributed by atoms with Crippen molar-refractivity contribution in [2.45, 2.75) is 32.6 Å². The van der Waals surface area contributed by atoms with Crippen LogP contribution in [0.1, 0.15) is 32.6 Å². The number of nitrogens with one attached hydrogen (secondary N) is 1. The molecule has 114 valence electrons. The fourth-order valence-electron chi connectivity index (χ4n) is 3.14. The molecule has 0 atom stereocenters. The van der Waals surface area contributed by atoms with Crippen LogP contribution in [0.2, 0.25) is 0 Å². The van der Waals surface area contributed by atoms with Crippen molar-refractivity contribution in [3.05, 3.63) is 54.6 Å². The molecule has 0 unspecified atom stereocenters. The van der Waals surface area contributed by atoms with Crippen LogP contribution >= 0.6 is 0 Å². The van der Waals surface area contributed by atoms with E-state index in [0.717, 1.165) is 24.4 Å². The molecule has 0 heterocycles. The Hall–Kier alpha value is -2.09. The first-order valence-electron chi connectivity index (χ1n) is 8.19. The standard InChI is InChI=1S/C20H23NO/c1-15-7-9-18(10-8-15)20(22)21-19-13-11-17(12-14-19)16-5-3-2-4-6-16/h2-6,11-15,18H,7-10H2,1H3,(H,21,22). The number of anilines is 1. The van der Waals surface area contributed by atoms with Crippen molar-refractivity contribution in [3.8, 4) is 11.1 Å². The predicted octanol–water partition coefficient (Wildman–Crippen LogP) is 5.12. The first kappa shape index (κ1) is 14.8. The van der Waals surface area contributed by atoms with Crippen molar-refractivity contribution in [3.63, 3.8) is 0 Å². The molecule has 1 amide bonds. The van der Waals surface area contributed by atoms with E-state index in [4.69, 9.17) is 0 Å². The van der Waals surface area contributed by atoms with Gasteiger partial charge >= 0.3 is 0 Å². The van der Waals surface area contributed by atoms with Crippen LogP contribution in [0.25, 0.3) is 11.1 Å². The molecule has 1 N–H and O–H groups in total. The summed E-state index contributed by atoms with van der Waals surface area (Å²) in [4.78, 5) is 12.3. The summed E-state index contributed by atoms with van der Waals surface area (Å²) >= 11 is 0. The Bertz CT molecular complexity index is 610. The SMILES string of the molecule is CC1CCC(C(=O)Nc2ccc(-c3ccccc3)cc2)CC1. The van der Waals surface area contributed by atoms with Gasteiger partial charge in [-0.15, -0.1) is 0 Å². The number of rotatable bonds is 3. The molecule has 1 aliphatic rings. The van der Waals surface area contributed by atoms with Crippen LogP contribution in [-0.4, -0.2) is 5.91 Å². The van der Waals surface area contributed by atoms with Gasteiger partial charge in [0, 0.05) is 11.6 Å². The van der Waals surface area contributed by atoms with Gasteiger partial charge in [-0.2, -0.15) is 0 Å². The van der Waals surface area contributed by atoms with Gasteiger partial charge in [0.2, 0.25) is 5.91 Å².